The zero-order chi connectivity index (χ0) is 23.9. The number of methoxy groups -OCH3 is 2. The highest BCUT2D eigenvalue weighted by Gasteiger charge is 2.14. The van der Waals surface area contributed by atoms with Gasteiger partial charge in [-0.3, -0.25) is 4.98 Å². The highest BCUT2D eigenvalue weighted by atomic mass is 16.5. The van der Waals surface area contributed by atoms with Gasteiger partial charge in [-0.15, -0.1) is 0 Å². The fraction of sp³-hybridized carbons (Fsp3) is 0.259. The molecule has 0 aliphatic carbocycles. The van der Waals surface area contributed by atoms with E-state index in [1.807, 2.05) is 59.5 Å². The number of ether oxygens (including phenoxy) is 2. The molecular weight excluding hydrogens is 430 g/mol. The molecule has 176 valence electrons. The van der Waals surface area contributed by atoms with Gasteiger partial charge in [0, 0.05) is 55.3 Å². The van der Waals surface area contributed by atoms with Gasteiger partial charge in [0.05, 0.1) is 37.6 Å². The van der Waals surface area contributed by atoms with Crippen LogP contribution in [0.2, 0.25) is 0 Å². The summed E-state index contributed by atoms with van der Waals surface area (Å²) in [4.78, 5) is 11.5. The van der Waals surface area contributed by atoms with Crippen LogP contribution >= 0.6 is 0 Å². The van der Waals surface area contributed by atoms with Crippen molar-refractivity contribution in [3.05, 3.63) is 83.7 Å². The van der Waals surface area contributed by atoms with Crippen LogP contribution < -0.4 is 14.4 Å². The monoisotopic (exact) mass is 459 g/mol. The average Bonchev–Trinajstić information content (AvgIpc) is 2.87. The number of nitrogens with zero attached hydrogens (tertiary/aromatic N) is 3. The average molecular weight is 460 g/mol. The van der Waals surface area contributed by atoms with E-state index in [0.29, 0.717) is 30.9 Å². The normalized spacial score (nSPS) is 10.9. The maximum atomic E-state index is 9.75. The Balaban J connectivity index is 1.70. The molecule has 0 radical (unpaired) electrons. The molecule has 4 rings (SSSR count). The molecular formula is C27H29N3O4. The van der Waals surface area contributed by atoms with Crippen LogP contribution in [-0.2, 0) is 12.8 Å². The van der Waals surface area contributed by atoms with Crippen LogP contribution in [0.4, 0.5) is 11.4 Å². The summed E-state index contributed by atoms with van der Waals surface area (Å²) >= 11 is 0. The van der Waals surface area contributed by atoms with Gasteiger partial charge in [-0.05, 0) is 35.7 Å². The molecule has 0 atom stereocenters. The number of aliphatic hydroxyl groups excluding tert-OH is 2. The third-order valence-electron chi connectivity index (χ3n) is 5.73. The summed E-state index contributed by atoms with van der Waals surface area (Å²) in [6.45, 7) is 0.480. The summed E-state index contributed by atoms with van der Waals surface area (Å²) in [7, 11) is 3.22. The predicted molar refractivity (Wildman–Crippen MR) is 133 cm³/mol. The first-order chi connectivity index (χ1) is 16.6. The van der Waals surface area contributed by atoms with E-state index in [1.54, 1.807) is 20.4 Å². The first-order valence-corrected chi connectivity index (χ1v) is 11.2. The maximum absolute atomic E-state index is 9.75. The van der Waals surface area contributed by atoms with Gasteiger partial charge in [0.2, 0.25) is 0 Å². The van der Waals surface area contributed by atoms with Crippen molar-refractivity contribution in [3.63, 3.8) is 0 Å². The molecule has 0 aliphatic heterocycles. The van der Waals surface area contributed by atoms with Gasteiger partial charge >= 0.3 is 0 Å². The third kappa shape index (κ3) is 5.27. The molecule has 4 aromatic rings. The van der Waals surface area contributed by atoms with Crippen molar-refractivity contribution in [2.24, 2.45) is 0 Å². The van der Waals surface area contributed by atoms with Crippen LogP contribution in [-0.4, -0.2) is 54.2 Å². The summed E-state index contributed by atoms with van der Waals surface area (Å²) in [5.74, 6) is 1.34. The lowest BCUT2D eigenvalue weighted by atomic mass is 10.0. The number of hydrogen-bond donors (Lipinski definition) is 2. The molecule has 0 bridgehead atoms. The molecule has 7 nitrogen and oxygen atoms in total. The second-order valence-corrected chi connectivity index (χ2v) is 7.90. The van der Waals surface area contributed by atoms with Crippen LogP contribution in [0.1, 0.15) is 16.8 Å². The van der Waals surface area contributed by atoms with E-state index >= 15 is 0 Å². The quantitative estimate of drug-likeness (QED) is 0.372. The summed E-state index contributed by atoms with van der Waals surface area (Å²) < 4.78 is 10.8. The van der Waals surface area contributed by atoms with Crippen molar-refractivity contribution < 1.29 is 19.7 Å². The number of hydrogen-bond acceptors (Lipinski definition) is 7. The maximum Gasteiger partial charge on any atom is 0.124 e. The van der Waals surface area contributed by atoms with E-state index in [1.165, 1.54) is 0 Å². The van der Waals surface area contributed by atoms with E-state index < -0.39 is 0 Å². The van der Waals surface area contributed by atoms with Crippen LogP contribution in [0.3, 0.4) is 0 Å². The molecule has 1 heterocycles. The van der Waals surface area contributed by atoms with Gasteiger partial charge in [-0.25, -0.2) is 4.98 Å². The first-order valence-electron chi connectivity index (χ1n) is 11.2. The van der Waals surface area contributed by atoms with Gasteiger partial charge in [-0.1, -0.05) is 24.3 Å². The van der Waals surface area contributed by atoms with Gasteiger partial charge in [0.1, 0.15) is 11.5 Å². The largest absolute Gasteiger partial charge is 0.497 e. The summed E-state index contributed by atoms with van der Waals surface area (Å²) in [5, 5.41) is 19.1. The van der Waals surface area contributed by atoms with E-state index in [9.17, 15) is 10.2 Å². The Hall–Kier alpha value is -3.68. The minimum absolute atomic E-state index is 0.0229. The molecule has 0 spiro atoms. The number of anilines is 2. The lowest BCUT2D eigenvalue weighted by molar-refractivity contribution is 0.299. The van der Waals surface area contributed by atoms with Crippen molar-refractivity contribution in [3.8, 4) is 11.5 Å². The van der Waals surface area contributed by atoms with Crippen LogP contribution in [0, 0.1) is 0 Å². The highest BCUT2D eigenvalue weighted by Crippen LogP contribution is 2.33. The lowest BCUT2D eigenvalue weighted by Gasteiger charge is -2.25. The smallest absolute Gasteiger partial charge is 0.124 e. The Labute approximate surface area is 199 Å². The molecule has 7 heteroatoms. The molecule has 0 aliphatic rings. The highest BCUT2D eigenvalue weighted by molar-refractivity contribution is 5.81. The van der Waals surface area contributed by atoms with Gasteiger partial charge in [0.15, 0.2) is 0 Å². The topological polar surface area (TPSA) is 87.9 Å². The Morgan fingerprint density at radius 3 is 2.21 bits per heavy atom. The van der Waals surface area contributed by atoms with Crippen molar-refractivity contribution in [2.45, 2.75) is 12.8 Å². The number of aromatic nitrogens is 2. The molecule has 0 unspecified atom stereocenters. The number of aliphatic hydroxyl groups is 2. The van der Waals surface area contributed by atoms with Crippen LogP contribution in [0.5, 0.6) is 11.5 Å². The SMILES string of the molecule is COc1cc(OC)cc(N(CCO)c2ccc3ncc(Cc4ccccc4CCO)nc3c2)c1. The van der Waals surface area contributed by atoms with Crippen molar-refractivity contribution in [1.82, 2.24) is 9.97 Å². The van der Waals surface area contributed by atoms with E-state index in [4.69, 9.17) is 14.5 Å². The van der Waals surface area contributed by atoms with Crippen molar-refractivity contribution in [1.29, 1.82) is 0 Å². The Bertz CT molecular complexity index is 1240. The molecule has 0 saturated carbocycles. The molecule has 0 saturated heterocycles. The van der Waals surface area contributed by atoms with E-state index in [2.05, 4.69) is 11.1 Å². The second-order valence-electron chi connectivity index (χ2n) is 7.90. The zero-order valence-corrected chi connectivity index (χ0v) is 19.4. The van der Waals surface area contributed by atoms with E-state index in [0.717, 1.165) is 39.2 Å². The van der Waals surface area contributed by atoms with Crippen LogP contribution in [0.25, 0.3) is 11.0 Å². The number of benzene rings is 3. The predicted octanol–water partition coefficient (Wildman–Crippen LogP) is 3.90. The third-order valence-corrected chi connectivity index (χ3v) is 5.73. The summed E-state index contributed by atoms with van der Waals surface area (Å²) in [5.41, 5.74) is 6.38. The molecule has 0 fully saturated rings. The fourth-order valence-corrected chi connectivity index (χ4v) is 4.04. The van der Waals surface area contributed by atoms with Crippen LogP contribution in [0.15, 0.2) is 66.9 Å². The molecule has 2 N–H and O–H groups in total. The van der Waals surface area contributed by atoms with Crippen molar-refractivity contribution >= 4 is 22.4 Å². The van der Waals surface area contributed by atoms with Gasteiger partial charge in [0.25, 0.3) is 0 Å². The van der Waals surface area contributed by atoms with Gasteiger partial charge in [-0.2, -0.15) is 0 Å². The van der Waals surface area contributed by atoms with E-state index in [-0.39, 0.29) is 13.2 Å². The zero-order valence-electron chi connectivity index (χ0n) is 19.4. The molecule has 1 aromatic heterocycles. The second kappa shape index (κ2) is 11.0. The van der Waals surface area contributed by atoms with Gasteiger partial charge < -0.3 is 24.6 Å². The first kappa shape index (κ1) is 23.5. The number of fused-ring (bicyclic) bond motifs is 1. The molecule has 34 heavy (non-hydrogen) atoms. The molecule has 3 aromatic carbocycles. The standard InChI is InChI=1S/C27H29N3O4/c1-33-24-14-23(15-25(17-24)34-2)30(10-12-32)22-7-8-26-27(16-22)29-21(18-28-26)13-20-6-4-3-5-19(20)9-11-31/h3-8,14-18,31-32H,9-13H2,1-2H3. The minimum Gasteiger partial charge on any atom is -0.497 e. The van der Waals surface area contributed by atoms with Crippen molar-refractivity contribution in [2.75, 3.05) is 38.9 Å². The Morgan fingerprint density at radius 2 is 1.53 bits per heavy atom. The lowest BCUT2D eigenvalue weighted by Crippen LogP contribution is -2.21. The minimum atomic E-state index is -0.0229. The summed E-state index contributed by atoms with van der Waals surface area (Å²) in [6.07, 6.45) is 3.05. The summed E-state index contributed by atoms with van der Waals surface area (Å²) in [6, 6.07) is 19.6. The Morgan fingerprint density at radius 1 is 0.794 bits per heavy atom. The fourth-order valence-electron chi connectivity index (χ4n) is 4.04. The Kier molecular flexibility index (Phi) is 7.57. The molecule has 0 amide bonds. The number of rotatable bonds is 10.